The molecule has 3 heteroatoms. The van der Waals surface area contributed by atoms with E-state index in [4.69, 9.17) is 9.90 Å². The number of hydrogen-bond acceptors (Lipinski definition) is 1. The third-order valence-electron chi connectivity index (χ3n) is 1.95. The van der Waals surface area contributed by atoms with Crippen molar-refractivity contribution in [3.8, 4) is 0 Å². The number of carbonyl (C=O) groups is 1. The molecule has 0 amide bonds. The summed E-state index contributed by atoms with van der Waals surface area (Å²) in [6, 6.07) is 0. The molecule has 0 aliphatic heterocycles. The van der Waals surface area contributed by atoms with Crippen LogP contribution >= 0.6 is 0 Å². The molecule has 1 rings (SSSR count). The third-order valence-corrected chi connectivity index (χ3v) is 1.95. The maximum absolute atomic E-state index is 12.4. The first-order valence-electron chi connectivity index (χ1n) is 3.92. The van der Waals surface area contributed by atoms with Gasteiger partial charge in [0.05, 0.1) is 0 Å². The third kappa shape index (κ3) is 5.83. The largest absolute Gasteiger partial charge is 0.483 e. The molecule has 11 heavy (non-hydrogen) atoms. The Bertz CT molecular complexity index is 88.3. The summed E-state index contributed by atoms with van der Waals surface area (Å²) in [5.74, 6) is 0.780. The van der Waals surface area contributed by atoms with Crippen molar-refractivity contribution >= 4 is 6.47 Å². The summed E-state index contributed by atoms with van der Waals surface area (Å²) >= 11 is 0. The van der Waals surface area contributed by atoms with Crippen LogP contribution in [0.4, 0.5) is 4.39 Å². The highest BCUT2D eigenvalue weighted by atomic mass is 19.1. The lowest BCUT2D eigenvalue weighted by atomic mass is 9.90. The molecule has 0 bridgehead atoms. The lowest BCUT2D eigenvalue weighted by Crippen LogP contribution is -2.11. The SMILES string of the molecule is CC1CCC(F)CC1.O=CO. The first-order chi connectivity index (χ1) is 5.20. The lowest BCUT2D eigenvalue weighted by molar-refractivity contribution is -0.122. The van der Waals surface area contributed by atoms with Gasteiger partial charge < -0.3 is 5.11 Å². The van der Waals surface area contributed by atoms with Crippen molar-refractivity contribution in [2.24, 2.45) is 5.92 Å². The molecule has 1 saturated carbocycles. The standard InChI is InChI=1S/C7H13F.CH2O2/c1-6-2-4-7(8)5-3-6;2-1-3/h6-7H,2-5H2,1H3;1H,(H,2,3). The van der Waals surface area contributed by atoms with E-state index in [9.17, 15) is 4.39 Å². The summed E-state index contributed by atoms with van der Waals surface area (Å²) in [4.78, 5) is 8.36. The van der Waals surface area contributed by atoms with E-state index in [-0.39, 0.29) is 6.47 Å². The Morgan fingerprint density at radius 1 is 1.36 bits per heavy atom. The second-order valence-electron chi connectivity index (χ2n) is 2.96. The minimum Gasteiger partial charge on any atom is -0.483 e. The van der Waals surface area contributed by atoms with E-state index >= 15 is 0 Å². The first-order valence-corrected chi connectivity index (χ1v) is 3.92. The molecule has 0 aromatic rings. The zero-order chi connectivity index (χ0) is 8.69. The van der Waals surface area contributed by atoms with Crippen molar-refractivity contribution in [1.82, 2.24) is 0 Å². The summed E-state index contributed by atoms with van der Waals surface area (Å²) in [7, 11) is 0. The first kappa shape index (κ1) is 10.4. The fourth-order valence-corrected chi connectivity index (χ4v) is 1.22. The van der Waals surface area contributed by atoms with Crippen LogP contribution in [0.15, 0.2) is 0 Å². The number of alkyl halides is 1. The van der Waals surface area contributed by atoms with E-state index in [2.05, 4.69) is 6.92 Å². The van der Waals surface area contributed by atoms with Crippen molar-refractivity contribution in [2.75, 3.05) is 0 Å². The molecule has 0 spiro atoms. The Hall–Kier alpha value is -0.600. The van der Waals surface area contributed by atoms with Gasteiger partial charge in [-0.15, -0.1) is 0 Å². The summed E-state index contributed by atoms with van der Waals surface area (Å²) < 4.78 is 12.4. The molecule has 1 fully saturated rings. The lowest BCUT2D eigenvalue weighted by Gasteiger charge is -2.19. The van der Waals surface area contributed by atoms with Gasteiger partial charge in [-0.3, -0.25) is 4.79 Å². The molecule has 0 saturated heterocycles. The zero-order valence-corrected chi connectivity index (χ0v) is 6.79. The molecule has 0 atom stereocenters. The molecular weight excluding hydrogens is 147 g/mol. The van der Waals surface area contributed by atoms with Crippen LogP contribution in [0, 0.1) is 5.92 Å². The molecule has 1 aliphatic carbocycles. The normalized spacial score (nSPS) is 30.0. The highest BCUT2D eigenvalue weighted by molar-refractivity contribution is 5.32. The van der Waals surface area contributed by atoms with Crippen LogP contribution in [0.25, 0.3) is 0 Å². The van der Waals surface area contributed by atoms with Gasteiger partial charge >= 0.3 is 0 Å². The Morgan fingerprint density at radius 3 is 2.00 bits per heavy atom. The summed E-state index contributed by atoms with van der Waals surface area (Å²) in [6.07, 6.45) is 3.33. The Kier molecular flexibility index (Phi) is 5.80. The maximum atomic E-state index is 12.4. The smallest absolute Gasteiger partial charge is 0.290 e. The second-order valence-corrected chi connectivity index (χ2v) is 2.96. The topological polar surface area (TPSA) is 37.3 Å². The Balaban J connectivity index is 0.000000292. The molecule has 2 nitrogen and oxygen atoms in total. The van der Waals surface area contributed by atoms with Crippen LogP contribution in [0.5, 0.6) is 0 Å². The molecule has 0 heterocycles. The fourth-order valence-electron chi connectivity index (χ4n) is 1.22. The van der Waals surface area contributed by atoms with E-state index in [1.54, 1.807) is 0 Å². The number of carboxylic acid groups (broad SMARTS) is 1. The zero-order valence-electron chi connectivity index (χ0n) is 6.79. The van der Waals surface area contributed by atoms with Gasteiger partial charge in [0.2, 0.25) is 0 Å². The van der Waals surface area contributed by atoms with Crippen molar-refractivity contribution in [3.05, 3.63) is 0 Å². The molecular formula is C8H15FO2. The monoisotopic (exact) mass is 162 g/mol. The van der Waals surface area contributed by atoms with Crippen molar-refractivity contribution in [3.63, 3.8) is 0 Å². The average Bonchev–Trinajstić information content (AvgIpc) is 1.97. The van der Waals surface area contributed by atoms with Gasteiger partial charge in [-0.1, -0.05) is 6.92 Å². The van der Waals surface area contributed by atoms with E-state index in [0.717, 1.165) is 31.6 Å². The van der Waals surface area contributed by atoms with Crippen molar-refractivity contribution < 1.29 is 14.3 Å². The minimum absolute atomic E-state index is 0.250. The van der Waals surface area contributed by atoms with Crippen LogP contribution < -0.4 is 0 Å². The van der Waals surface area contributed by atoms with Crippen LogP contribution in [0.3, 0.4) is 0 Å². The van der Waals surface area contributed by atoms with Gasteiger partial charge in [0.15, 0.2) is 0 Å². The van der Waals surface area contributed by atoms with Gasteiger partial charge in [-0.2, -0.15) is 0 Å². The van der Waals surface area contributed by atoms with E-state index in [1.807, 2.05) is 0 Å². The maximum Gasteiger partial charge on any atom is 0.290 e. The van der Waals surface area contributed by atoms with Gasteiger partial charge in [0, 0.05) is 0 Å². The van der Waals surface area contributed by atoms with E-state index in [1.165, 1.54) is 0 Å². The highest BCUT2D eigenvalue weighted by Crippen LogP contribution is 2.24. The molecule has 66 valence electrons. The predicted molar refractivity (Wildman–Crippen MR) is 41.2 cm³/mol. The van der Waals surface area contributed by atoms with Crippen LogP contribution in [0.2, 0.25) is 0 Å². The summed E-state index contributed by atoms with van der Waals surface area (Å²) in [6.45, 7) is 1.95. The summed E-state index contributed by atoms with van der Waals surface area (Å²) in [5, 5.41) is 6.89. The molecule has 0 aromatic carbocycles. The number of halogens is 1. The quantitative estimate of drug-likeness (QED) is 0.554. The predicted octanol–water partition coefficient (Wildman–Crippen LogP) is 2.24. The van der Waals surface area contributed by atoms with Gasteiger partial charge in [-0.25, -0.2) is 4.39 Å². The highest BCUT2D eigenvalue weighted by Gasteiger charge is 2.16. The van der Waals surface area contributed by atoms with E-state index < -0.39 is 6.17 Å². The minimum atomic E-state index is -0.480. The van der Waals surface area contributed by atoms with Crippen LogP contribution in [-0.4, -0.2) is 17.8 Å². The molecule has 1 aliphatic rings. The Morgan fingerprint density at radius 2 is 1.73 bits per heavy atom. The molecule has 1 N–H and O–H groups in total. The number of hydrogen-bond donors (Lipinski definition) is 1. The Labute approximate surface area is 66.4 Å². The fraction of sp³-hybridized carbons (Fsp3) is 0.875. The van der Waals surface area contributed by atoms with Crippen molar-refractivity contribution in [1.29, 1.82) is 0 Å². The van der Waals surface area contributed by atoms with Crippen LogP contribution in [-0.2, 0) is 4.79 Å². The molecule has 0 unspecified atom stereocenters. The van der Waals surface area contributed by atoms with Gasteiger partial charge in [0.1, 0.15) is 6.17 Å². The van der Waals surface area contributed by atoms with Crippen LogP contribution in [0.1, 0.15) is 32.6 Å². The second kappa shape index (κ2) is 6.13. The van der Waals surface area contributed by atoms with E-state index in [0.29, 0.717) is 0 Å². The van der Waals surface area contributed by atoms with Gasteiger partial charge in [-0.05, 0) is 31.6 Å². The number of rotatable bonds is 0. The van der Waals surface area contributed by atoms with Gasteiger partial charge in [0.25, 0.3) is 6.47 Å². The molecule has 0 radical (unpaired) electrons. The average molecular weight is 162 g/mol. The summed E-state index contributed by atoms with van der Waals surface area (Å²) in [5.41, 5.74) is 0. The van der Waals surface area contributed by atoms with Crippen molar-refractivity contribution in [2.45, 2.75) is 38.8 Å². The molecule has 0 aromatic heterocycles.